The lowest BCUT2D eigenvalue weighted by atomic mass is 10.1. The molecule has 0 saturated heterocycles. The first-order valence-corrected chi connectivity index (χ1v) is 5.61. The van der Waals surface area contributed by atoms with Gasteiger partial charge in [-0.25, -0.2) is 4.98 Å². The summed E-state index contributed by atoms with van der Waals surface area (Å²) in [4.78, 5) is 15.9. The first-order chi connectivity index (χ1) is 7.58. The normalized spacial score (nSPS) is 16.9. The van der Waals surface area contributed by atoms with E-state index in [2.05, 4.69) is 10.3 Å². The Morgan fingerprint density at radius 1 is 1.62 bits per heavy atom. The molecule has 1 saturated carbocycles. The molecular weight excluding hydrogens is 202 g/mol. The number of aryl methyl sites for hydroxylation is 1. The lowest BCUT2D eigenvalue weighted by molar-refractivity contribution is -0.119. The molecule has 1 aliphatic carbocycles. The van der Waals surface area contributed by atoms with E-state index in [9.17, 15) is 4.79 Å². The fraction of sp³-hybridized carbons (Fsp3) is 0.500. The summed E-state index contributed by atoms with van der Waals surface area (Å²) in [7, 11) is 0. The Labute approximate surface area is 95.3 Å². The van der Waals surface area contributed by atoms with Gasteiger partial charge in [-0.05, 0) is 37.3 Å². The zero-order valence-electron chi connectivity index (χ0n) is 9.66. The molecule has 0 spiro atoms. The molecular formula is C12H17N3O. The SMILES string of the molecule is Cc1cc(NC(=O)C(C)C2CC2)ncc1N. The Bertz CT molecular complexity index is 413. The van der Waals surface area contributed by atoms with Crippen LogP contribution in [0.2, 0.25) is 0 Å². The number of carbonyl (C=O) groups excluding carboxylic acids is 1. The summed E-state index contributed by atoms with van der Waals surface area (Å²) in [5.41, 5.74) is 7.24. The summed E-state index contributed by atoms with van der Waals surface area (Å²) in [5, 5.41) is 2.83. The maximum atomic E-state index is 11.8. The molecule has 4 nitrogen and oxygen atoms in total. The fourth-order valence-electron chi connectivity index (χ4n) is 1.69. The Balaban J connectivity index is 2.02. The van der Waals surface area contributed by atoms with Crippen molar-refractivity contribution < 1.29 is 4.79 Å². The van der Waals surface area contributed by atoms with Crippen LogP contribution in [0.3, 0.4) is 0 Å². The molecule has 1 aliphatic rings. The monoisotopic (exact) mass is 219 g/mol. The quantitative estimate of drug-likeness (QED) is 0.816. The Kier molecular flexibility index (Phi) is 2.81. The zero-order valence-corrected chi connectivity index (χ0v) is 9.66. The van der Waals surface area contributed by atoms with E-state index >= 15 is 0 Å². The van der Waals surface area contributed by atoms with E-state index in [0.717, 1.165) is 5.56 Å². The van der Waals surface area contributed by atoms with Crippen LogP contribution in [-0.2, 0) is 4.79 Å². The Morgan fingerprint density at radius 3 is 2.88 bits per heavy atom. The van der Waals surface area contributed by atoms with Gasteiger partial charge in [-0.2, -0.15) is 0 Å². The van der Waals surface area contributed by atoms with Gasteiger partial charge in [0.15, 0.2) is 0 Å². The number of nitrogens with two attached hydrogens (primary N) is 1. The van der Waals surface area contributed by atoms with Crippen LogP contribution < -0.4 is 11.1 Å². The molecule has 1 aromatic rings. The van der Waals surface area contributed by atoms with Crippen LogP contribution in [0.25, 0.3) is 0 Å². The van der Waals surface area contributed by atoms with Crippen LogP contribution in [0.1, 0.15) is 25.3 Å². The second-order valence-corrected chi connectivity index (χ2v) is 4.54. The van der Waals surface area contributed by atoms with Crippen LogP contribution >= 0.6 is 0 Å². The third kappa shape index (κ3) is 2.32. The molecule has 0 aliphatic heterocycles. The van der Waals surface area contributed by atoms with E-state index in [1.54, 1.807) is 12.3 Å². The minimum absolute atomic E-state index is 0.0548. The maximum absolute atomic E-state index is 11.8. The maximum Gasteiger partial charge on any atom is 0.228 e. The average Bonchev–Trinajstić information content (AvgIpc) is 3.06. The van der Waals surface area contributed by atoms with Gasteiger partial charge in [0, 0.05) is 5.92 Å². The van der Waals surface area contributed by atoms with Gasteiger partial charge in [-0.15, -0.1) is 0 Å². The predicted octanol–water partition coefficient (Wildman–Crippen LogP) is 1.96. The molecule has 16 heavy (non-hydrogen) atoms. The Hall–Kier alpha value is -1.58. The van der Waals surface area contributed by atoms with Crippen LogP contribution in [0.15, 0.2) is 12.3 Å². The number of nitrogens with one attached hydrogen (secondary N) is 1. The van der Waals surface area contributed by atoms with Gasteiger partial charge < -0.3 is 11.1 Å². The second kappa shape index (κ2) is 4.12. The van der Waals surface area contributed by atoms with E-state index in [1.807, 2.05) is 13.8 Å². The summed E-state index contributed by atoms with van der Waals surface area (Å²) in [6, 6.07) is 1.80. The van der Waals surface area contributed by atoms with Crippen LogP contribution in [0, 0.1) is 18.8 Å². The van der Waals surface area contributed by atoms with Crippen molar-refractivity contribution in [3.8, 4) is 0 Å². The fourth-order valence-corrected chi connectivity index (χ4v) is 1.69. The van der Waals surface area contributed by atoms with Crippen molar-refractivity contribution in [3.63, 3.8) is 0 Å². The molecule has 1 aromatic heterocycles. The van der Waals surface area contributed by atoms with Gasteiger partial charge >= 0.3 is 0 Å². The minimum Gasteiger partial charge on any atom is -0.397 e. The number of amides is 1. The van der Waals surface area contributed by atoms with E-state index < -0.39 is 0 Å². The molecule has 1 atom stereocenters. The lowest BCUT2D eigenvalue weighted by Crippen LogP contribution is -2.22. The highest BCUT2D eigenvalue weighted by molar-refractivity contribution is 5.92. The molecule has 0 aromatic carbocycles. The molecule has 3 N–H and O–H groups in total. The first-order valence-electron chi connectivity index (χ1n) is 5.61. The van der Waals surface area contributed by atoms with Crippen LogP contribution in [0.5, 0.6) is 0 Å². The molecule has 2 rings (SSSR count). The lowest BCUT2D eigenvalue weighted by Gasteiger charge is -2.11. The van der Waals surface area contributed by atoms with Gasteiger partial charge in [-0.1, -0.05) is 6.92 Å². The smallest absolute Gasteiger partial charge is 0.228 e. The molecule has 0 radical (unpaired) electrons. The summed E-state index contributed by atoms with van der Waals surface area (Å²) in [6.45, 7) is 3.87. The highest BCUT2D eigenvalue weighted by Crippen LogP contribution is 2.36. The van der Waals surface area contributed by atoms with E-state index in [1.165, 1.54) is 12.8 Å². The van der Waals surface area contributed by atoms with Crippen molar-refractivity contribution in [2.24, 2.45) is 11.8 Å². The molecule has 86 valence electrons. The number of rotatable bonds is 3. The summed E-state index contributed by atoms with van der Waals surface area (Å²) < 4.78 is 0. The van der Waals surface area contributed by atoms with Crippen molar-refractivity contribution in [1.82, 2.24) is 4.98 Å². The van der Waals surface area contributed by atoms with Gasteiger partial charge in [0.05, 0.1) is 11.9 Å². The molecule has 0 bridgehead atoms. The number of pyridine rings is 1. The van der Waals surface area contributed by atoms with Crippen molar-refractivity contribution >= 4 is 17.4 Å². The number of anilines is 2. The summed E-state index contributed by atoms with van der Waals surface area (Å²) in [6.07, 6.45) is 3.91. The van der Waals surface area contributed by atoms with Crippen molar-refractivity contribution in [2.45, 2.75) is 26.7 Å². The van der Waals surface area contributed by atoms with E-state index in [4.69, 9.17) is 5.73 Å². The van der Waals surface area contributed by atoms with Gasteiger partial charge in [0.2, 0.25) is 5.91 Å². The molecule has 4 heteroatoms. The highest BCUT2D eigenvalue weighted by Gasteiger charge is 2.32. The van der Waals surface area contributed by atoms with Crippen molar-refractivity contribution in [2.75, 3.05) is 11.1 Å². The highest BCUT2D eigenvalue weighted by atomic mass is 16.1. The van der Waals surface area contributed by atoms with E-state index in [-0.39, 0.29) is 11.8 Å². The van der Waals surface area contributed by atoms with Gasteiger partial charge in [0.25, 0.3) is 0 Å². The van der Waals surface area contributed by atoms with Crippen molar-refractivity contribution in [3.05, 3.63) is 17.8 Å². The standard InChI is InChI=1S/C12H17N3O/c1-7-5-11(14-6-10(7)13)15-12(16)8(2)9-3-4-9/h5-6,8-9H,3-4,13H2,1-2H3,(H,14,15,16). The summed E-state index contributed by atoms with van der Waals surface area (Å²) >= 11 is 0. The number of nitrogen functional groups attached to an aromatic ring is 1. The molecule has 1 heterocycles. The molecule has 1 unspecified atom stereocenters. The van der Waals surface area contributed by atoms with Crippen molar-refractivity contribution in [1.29, 1.82) is 0 Å². The molecule has 1 amide bonds. The van der Waals surface area contributed by atoms with E-state index in [0.29, 0.717) is 17.4 Å². The first kappa shape index (κ1) is 10.9. The number of aromatic nitrogens is 1. The summed E-state index contributed by atoms with van der Waals surface area (Å²) in [5.74, 6) is 1.29. The third-order valence-electron chi connectivity index (χ3n) is 3.15. The number of carbonyl (C=O) groups is 1. The number of hydrogen-bond donors (Lipinski definition) is 2. The minimum atomic E-state index is 0.0548. The second-order valence-electron chi connectivity index (χ2n) is 4.54. The third-order valence-corrected chi connectivity index (χ3v) is 3.15. The zero-order chi connectivity index (χ0) is 11.7. The number of nitrogens with zero attached hydrogens (tertiary/aromatic N) is 1. The van der Waals surface area contributed by atoms with Crippen LogP contribution in [-0.4, -0.2) is 10.9 Å². The average molecular weight is 219 g/mol. The Morgan fingerprint density at radius 2 is 2.31 bits per heavy atom. The largest absolute Gasteiger partial charge is 0.397 e. The van der Waals surface area contributed by atoms with Crippen LogP contribution in [0.4, 0.5) is 11.5 Å². The topological polar surface area (TPSA) is 68.0 Å². The van der Waals surface area contributed by atoms with Gasteiger partial charge in [-0.3, -0.25) is 4.79 Å². The predicted molar refractivity (Wildman–Crippen MR) is 63.9 cm³/mol. The molecule has 1 fully saturated rings. The number of hydrogen-bond acceptors (Lipinski definition) is 3. The van der Waals surface area contributed by atoms with Gasteiger partial charge in [0.1, 0.15) is 5.82 Å².